The predicted octanol–water partition coefficient (Wildman–Crippen LogP) is 9.18. The average molecular weight is 588 g/mol. The summed E-state index contributed by atoms with van der Waals surface area (Å²) < 4.78 is 97.7. The fourth-order valence-corrected chi connectivity index (χ4v) is 4.69. The largest absolute Gasteiger partial charge is 0.417 e. The maximum absolute atomic E-state index is 15.0. The normalized spacial score (nSPS) is 14.3. The molecule has 0 radical (unpaired) electrons. The predicted molar refractivity (Wildman–Crippen MR) is 136 cm³/mol. The molecule has 0 saturated carbocycles. The van der Waals surface area contributed by atoms with Gasteiger partial charge >= 0.3 is 12.4 Å². The first-order valence-electron chi connectivity index (χ1n) is 10.8. The van der Waals surface area contributed by atoms with Crippen LogP contribution in [0.1, 0.15) is 52.4 Å². The summed E-state index contributed by atoms with van der Waals surface area (Å²) in [6, 6.07) is 3.26. The molecule has 0 saturated heterocycles. The zero-order valence-electron chi connectivity index (χ0n) is 19.5. The van der Waals surface area contributed by atoms with E-state index in [4.69, 9.17) is 23.2 Å². The highest BCUT2D eigenvalue weighted by molar-refractivity contribution is 7.99. The van der Waals surface area contributed by atoms with E-state index in [0.29, 0.717) is 11.8 Å². The molecule has 2 aromatic carbocycles. The minimum atomic E-state index is -5.07. The molecule has 0 heterocycles. The molecule has 0 spiro atoms. The van der Waals surface area contributed by atoms with Gasteiger partial charge in [-0.2, -0.15) is 38.1 Å². The summed E-state index contributed by atoms with van der Waals surface area (Å²) in [5, 5.41) is 2.11. The van der Waals surface area contributed by atoms with Crippen LogP contribution in [0.15, 0.2) is 43.0 Å². The summed E-state index contributed by atoms with van der Waals surface area (Å²) in [7, 11) is 0. The van der Waals surface area contributed by atoms with Crippen LogP contribution in [0.25, 0.3) is 11.9 Å². The molecule has 37 heavy (non-hydrogen) atoms. The van der Waals surface area contributed by atoms with Crippen LogP contribution in [0.5, 0.6) is 0 Å². The van der Waals surface area contributed by atoms with Gasteiger partial charge in [-0.05, 0) is 48.6 Å². The molecule has 2 nitrogen and oxygen atoms in total. The molecule has 0 aliphatic carbocycles. The Balaban J connectivity index is 2.53. The molecular formula is C25H22Cl2F7NOS. The van der Waals surface area contributed by atoms with Crippen LogP contribution in [0.4, 0.5) is 30.7 Å². The van der Waals surface area contributed by atoms with Gasteiger partial charge in [-0.25, -0.2) is 4.39 Å². The smallest absolute Gasteiger partial charge is 0.349 e. The number of thioether (sulfide) groups is 1. The lowest BCUT2D eigenvalue weighted by Gasteiger charge is -2.20. The lowest BCUT2D eigenvalue weighted by molar-refractivity contribution is -0.140. The highest BCUT2D eigenvalue weighted by Crippen LogP contribution is 2.42. The van der Waals surface area contributed by atoms with E-state index in [-0.39, 0.29) is 21.7 Å². The summed E-state index contributed by atoms with van der Waals surface area (Å²) in [4.78, 5) is 12.5. The van der Waals surface area contributed by atoms with Gasteiger partial charge in [0.15, 0.2) is 0 Å². The van der Waals surface area contributed by atoms with Gasteiger partial charge < -0.3 is 5.32 Å². The van der Waals surface area contributed by atoms with E-state index in [1.165, 1.54) is 17.8 Å². The Bertz CT molecular complexity index is 1160. The standard InChI is InChI=1S/C25H22Cl2F7NOS/c1-4-16-20(26)9-15(10-21(16)27)18(24(29,30)31)11-22(28)14-6-7-17(19(8-14)25(32,33)34)23(36)35-13(3)12-37-5-2/h4,6-11,13,18H,1,5,12H2,2-3H3,(H,35,36)/b22-11-. The topological polar surface area (TPSA) is 29.1 Å². The Morgan fingerprint density at radius 3 is 2.19 bits per heavy atom. The van der Waals surface area contributed by atoms with Crippen molar-refractivity contribution >= 4 is 52.8 Å². The fraction of sp³-hybridized carbons (Fsp3) is 0.320. The monoisotopic (exact) mass is 587 g/mol. The molecule has 2 aromatic rings. The number of alkyl halides is 6. The van der Waals surface area contributed by atoms with E-state index in [2.05, 4.69) is 11.9 Å². The SMILES string of the molecule is C=Cc1c(Cl)cc(C(/C=C(\F)c2ccc(C(=O)NC(C)CSCC)c(C(F)(F)F)c2)C(F)(F)F)cc1Cl. The van der Waals surface area contributed by atoms with E-state index < -0.39 is 58.3 Å². The van der Waals surface area contributed by atoms with E-state index >= 15 is 4.39 Å². The average Bonchev–Trinajstić information content (AvgIpc) is 2.79. The number of amides is 1. The van der Waals surface area contributed by atoms with Crippen molar-refractivity contribution in [2.45, 2.75) is 38.2 Å². The van der Waals surface area contributed by atoms with Crippen molar-refractivity contribution in [2.24, 2.45) is 0 Å². The zero-order valence-corrected chi connectivity index (χ0v) is 21.9. The third-order valence-electron chi connectivity index (χ3n) is 5.13. The molecule has 12 heteroatoms. The molecule has 1 N–H and O–H groups in total. The van der Waals surface area contributed by atoms with Crippen LogP contribution >= 0.6 is 35.0 Å². The second-order valence-corrected chi connectivity index (χ2v) is 10.1. The first-order chi connectivity index (χ1) is 17.1. The molecule has 0 bridgehead atoms. The fourth-order valence-electron chi connectivity index (χ4n) is 3.36. The molecule has 0 aromatic heterocycles. The summed E-state index contributed by atoms with van der Waals surface area (Å²) in [5.74, 6) is -3.99. The molecule has 202 valence electrons. The van der Waals surface area contributed by atoms with Crippen LogP contribution in [0, 0.1) is 0 Å². The quantitative estimate of drug-likeness (QED) is 0.296. The van der Waals surface area contributed by atoms with Crippen molar-refractivity contribution in [3.8, 4) is 0 Å². The van der Waals surface area contributed by atoms with Crippen molar-refractivity contribution in [2.75, 3.05) is 11.5 Å². The molecule has 2 atom stereocenters. The molecule has 0 fully saturated rings. The van der Waals surface area contributed by atoms with Gasteiger partial charge in [-0.15, -0.1) is 0 Å². The van der Waals surface area contributed by atoms with Gasteiger partial charge in [0.2, 0.25) is 0 Å². The van der Waals surface area contributed by atoms with Crippen LogP contribution in [-0.2, 0) is 6.18 Å². The maximum Gasteiger partial charge on any atom is 0.417 e. The first-order valence-corrected chi connectivity index (χ1v) is 12.7. The molecular weight excluding hydrogens is 566 g/mol. The van der Waals surface area contributed by atoms with Gasteiger partial charge in [-0.3, -0.25) is 4.79 Å². The van der Waals surface area contributed by atoms with Gasteiger partial charge in [0.05, 0.1) is 11.1 Å². The van der Waals surface area contributed by atoms with Gasteiger partial charge in [-0.1, -0.05) is 48.8 Å². The number of halogens is 9. The van der Waals surface area contributed by atoms with Crippen LogP contribution in [0.2, 0.25) is 10.0 Å². The van der Waals surface area contributed by atoms with Gasteiger partial charge in [0.25, 0.3) is 5.91 Å². The van der Waals surface area contributed by atoms with Gasteiger partial charge in [0, 0.05) is 33.0 Å². The Morgan fingerprint density at radius 1 is 1.11 bits per heavy atom. The second kappa shape index (κ2) is 12.6. The number of carbonyl (C=O) groups is 1. The summed E-state index contributed by atoms with van der Waals surface area (Å²) in [6.07, 6.45) is -8.74. The second-order valence-electron chi connectivity index (χ2n) is 7.93. The first kappa shape index (κ1) is 31.1. The van der Waals surface area contributed by atoms with E-state index in [1.54, 1.807) is 6.92 Å². The minimum Gasteiger partial charge on any atom is -0.349 e. The van der Waals surface area contributed by atoms with Crippen LogP contribution < -0.4 is 5.32 Å². The highest BCUT2D eigenvalue weighted by Gasteiger charge is 2.41. The number of hydrogen-bond donors (Lipinski definition) is 1. The number of nitrogens with one attached hydrogen (secondary N) is 1. The third kappa shape index (κ3) is 8.15. The van der Waals surface area contributed by atoms with Crippen molar-refractivity contribution in [1.29, 1.82) is 0 Å². The van der Waals surface area contributed by atoms with E-state index in [1.807, 2.05) is 6.92 Å². The number of benzene rings is 2. The van der Waals surface area contributed by atoms with Crippen LogP contribution in [0.3, 0.4) is 0 Å². The highest BCUT2D eigenvalue weighted by atomic mass is 35.5. The Hall–Kier alpha value is -2.17. The van der Waals surface area contributed by atoms with E-state index in [0.717, 1.165) is 30.0 Å². The van der Waals surface area contributed by atoms with Crippen molar-refractivity contribution in [3.05, 3.63) is 80.8 Å². The lowest BCUT2D eigenvalue weighted by atomic mass is 9.94. The Morgan fingerprint density at radius 2 is 1.70 bits per heavy atom. The molecule has 0 aliphatic heterocycles. The Kier molecular flexibility index (Phi) is 10.6. The zero-order chi connectivity index (χ0) is 28.1. The van der Waals surface area contributed by atoms with Crippen molar-refractivity contribution in [3.63, 3.8) is 0 Å². The van der Waals surface area contributed by atoms with Crippen LogP contribution in [-0.4, -0.2) is 29.6 Å². The summed E-state index contributed by atoms with van der Waals surface area (Å²) >= 11 is 13.4. The summed E-state index contributed by atoms with van der Waals surface area (Å²) in [6.45, 7) is 6.95. The molecule has 0 aliphatic rings. The Labute approximate surface area is 223 Å². The number of rotatable bonds is 9. The number of carbonyl (C=O) groups excluding carboxylic acids is 1. The molecule has 2 rings (SSSR count). The molecule has 2 unspecified atom stereocenters. The number of allylic oxidation sites excluding steroid dienone is 1. The van der Waals surface area contributed by atoms with Crippen molar-refractivity contribution in [1.82, 2.24) is 5.32 Å². The minimum absolute atomic E-state index is 0.134. The maximum atomic E-state index is 15.0. The van der Waals surface area contributed by atoms with Crippen molar-refractivity contribution < 1.29 is 35.5 Å². The molecule has 1 amide bonds. The third-order valence-corrected chi connectivity index (χ3v) is 6.89. The van der Waals surface area contributed by atoms with Gasteiger partial charge in [0.1, 0.15) is 11.7 Å². The van der Waals surface area contributed by atoms with E-state index in [9.17, 15) is 31.1 Å². The summed E-state index contributed by atoms with van der Waals surface area (Å²) in [5.41, 5.74) is -3.39. The lowest BCUT2D eigenvalue weighted by Crippen LogP contribution is -2.35. The number of hydrogen-bond acceptors (Lipinski definition) is 2.